The van der Waals surface area contributed by atoms with Gasteiger partial charge in [0.1, 0.15) is 0 Å². The molecule has 4 nitrogen and oxygen atoms in total. The number of rotatable bonds is 14. The van der Waals surface area contributed by atoms with Crippen LogP contribution < -0.4 is 9.80 Å². The van der Waals surface area contributed by atoms with E-state index in [1.54, 1.807) is 0 Å². The van der Waals surface area contributed by atoms with E-state index < -0.39 is 0 Å². The normalized spacial score (nSPS) is 12.7. The lowest BCUT2D eigenvalue weighted by Gasteiger charge is -2.30. The molecule has 0 amide bonds. The average molecular weight is 1510 g/mol. The van der Waals surface area contributed by atoms with E-state index >= 15 is 0 Å². The maximum absolute atomic E-state index is 2.45. The molecular weight excluding hydrogens is 1430 g/mol. The first kappa shape index (κ1) is 71.0. The molecule has 0 N–H and O–H groups in total. The van der Waals surface area contributed by atoms with Crippen LogP contribution in [0.5, 0.6) is 0 Å². The quantitative estimate of drug-likeness (QED) is 0.108. The molecule has 560 valence electrons. The fourth-order valence-corrected chi connectivity index (χ4v) is 19.0. The fourth-order valence-electron chi connectivity index (χ4n) is 19.0. The molecule has 118 heavy (non-hydrogen) atoms. The Morgan fingerprint density at radius 3 is 0.898 bits per heavy atom. The summed E-state index contributed by atoms with van der Waals surface area (Å²) in [6.07, 6.45) is 0. The van der Waals surface area contributed by atoms with Crippen molar-refractivity contribution in [2.24, 2.45) is 0 Å². The third-order valence-corrected chi connectivity index (χ3v) is 24.8. The van der Waals surface area contributed by atoms with Crippen molar-refractivity contribution in [2.75, 3.05) is 9.80 Å². The van der Waals surface area contributed by atoms with Gasteiger partial charge >= 0.3 is 0 Å². The number of benzene rings is 18. The maximum Gasteiger partial charge on any atom is 0.0541 e. The Balaban J connectivity index is 0.000000147. The van der Waals surface area contributed by atoms with Crippen molar-refractivity contribution in [2.45, 2.75) is 38.5 Å². The zero-order valence-corrected chi connectivity index (χ0v) is 66.4. The van der Waals surface area contributed by atoms with Crippen molar-refractivity contribution in [3.63, 3.8) is 0 Å². The van der Waals surface area contributed by atoms with E-state index in [2.05, 4.69) is 483 Å². The van der Waals surface area contributed by atoms with Gasteiger partial charge in [-0.1, -0.05) is 343 Å². The number of nitrogens with zero attached hydrogens (tertiary/aromatic N) is 4. The molecule has 0 aliphatic heterocycles. The Morgan fingerprint density at radius 1 is 0.178 bits per heavy atom. The first-order chi connectivity index (χ1) is 58.1. The molecule has 0 bridgehead atoms. The second-order valence-corrected chi connectivity index (χ2v) is 32.3. The molecule has 0 saturated carbocycles. The summed E-state index contributed by atoms with van der Waals surface area (Å²) < 4.78 is 4.78. The summed E-state index contributed by atoms with van der Waals surface area (Å²) in [5.74, 6) is 0. The summed E-state index contributed by atoms with van der Waals surface area (Å²) in [6.45, 7) is 9.43. The molecule has 22 rings (SSSR count). The van der Waals surface area contributed by atoms with E-state index in [0.717, 1.165) is 45.5 Å². The zero-order chi connectivity index (χ0) is 79.0. The first-order valence-electron chi connectivity index (χ1n) is 41.0. The van der Waals surface area contributed by atoms with Crippen LogP contribution in [0.4, 0.5) is 34.1 Å². The largest absolute Gasteiger partial charge is 0.310 e. The summed E-state index contributed by atoms with van der Waals surface area (Å²) in [5.41, 5.74) is 38.7. The van der Waals surface area contributed by atoms with Gasteiger partial charge in [-0.05, 0) is 227 Å². The van der Waals surface area contributed by atoms with E-state index in [4.69, 9.17) is 0 Å². The molecule has 0 unspecified atom stereocenters. The van der Waals surface area contributed by atoms with Crippen LogP contribution in [0.15, 0.2) is 437 Å². The Kier molecular flexibility index (Phi) is 17.6. The molecule has 2 aromatic heterocycles. The van der Waals surface area contributed by atoms with Crippen molar-refractivity contribution in [3.05, 3.63) is 459 Å². The van der Waals surface area contributed by atoms with Crippen molar-refractivity contribution in [3.8, 4) is 100 Å². The molecule has 0 fully saturated rings. The van der Waals surface area contributed by atoms with Gasteiger partial charge in [-0.15, -0.1) is 0 Å². The van der Waals surface area contributed by atoms with Crippen molar-refractivity contribution >= 4 is 77.7 Å². The van der Waals surface area contributed by atoms with Crippen molar-refractivity contribution in [1.29, 1.82) is 0 Å². The maximum atomic E-state index is 2.45. The van der Waals surface area contributed by atoms with Crippen LogP contribution in [0.1, 0.15) is 49.9 Å². The lowest BCUT2D eigenvalue weighted by Crippen LogP contribution is -2.17. The van der Waals surface area contributed by atoms with Gasteiger partial charge in [0, 0.05) is 77.8 Å². The van der Waals surface area contributed by atoms with Crippen LogP contribution in [-0.4, -0.2) is 9.13 Å². The molecule has 0 atom stereocenters. The molecule has 0 spiro atoms. The lowest BCUT2D eigenvalue weighted by atomic mass is 9.82. The predicted molar refractivity (Wildman–Crippen MR) is 499 cm³/mol. The second-order valence-electron chi connectivity index (χ2n) is 32.3. The molecular formula is C114H84N4. The van der Waals surface area contributed by atoms with Crippen molar-refractivity contribution < 1.29 is 0 Å². The monoisotopic (exact) mass is 1510 g/mol. The number of aromatic nitrogens is 2. The minimum absolute atomic E-state index is 0.107. The molecule has 20 aromatic rings. The number of anilines is 6. The van der Waals surface area contributed by atoms with Gasteiger partial charge in [0.05, 0.1) is 27.8 Å². The van der Waals surface area contributed by atoms with E-state index in [1.807, 2.05) is 0 Å². The molecule has 2 heterocycles. The molecule has 2 aliphatic carbocycles. The minimum atomic E-state index is -0.127. The van der Waals surface area contributed by atoms with Crippen LogP contribution in [-0.2, 0) is 10.8 Å². The highest BCUT2D eigenvalue weighted by Crippen LogP contribution is 2.54. The van der Waals surface area contributed by atoms with Gasteiger partial charge in [0.15, 0.2) is 0 Å². The zero-order valence-electron chi connectivity index (χ0n) is 66.4. The Morgan fingerprint density at radius 2 is 0.466 bits per heavy atom. The Hall–Kier alpha value is -14.8. The lowest BCUT2D eigenvalue weighted by molar-refractivity contribution is 0.660. The second kappa shape index (κ2) is 29.2. The van der Waals surface area contributed by atoms with Gasteiger partial charge in [0.2, 0.25) is 0 Å². The van der Waals surface area contributed by atoms with Crippen LogP contribution >= 0.6 is 0 Å². The molecule has 18 aromatic carbocycles. The van der Waals surface area contributed by atoms with Gasteiger partial charge < -0.3 is 18.9 Å². The smallest absolute Gasteiger partial charge is 0.0541 e. The van der Waals surface area contributed by atoms with Crippen molar-refractivity contribution in [1.82, 2.24) is 9.13 Å². The van der Waals surface area contributed by atoms with Crippen LogP contribution in [0.3, 0.4) is 0 Å². The summed E-state index contributed by atoms with van der Waals surface area (Å²) >= 11 is 0. The standard InChI is InChI=1S/2C57H42N2/c1-57(2)52-25-12-9-22-47(52)48-34-33-46(38-53(48)57)58(56-35-30-43(39-16-5-3-6-17-39)37-51(56)41-18-7-4-8-19-41)44-31-28-40(29-32-44)42-20-15-21-45(36-42)59-54-26-13-10-23-49(54)50-24-11-14-27-55(50)59;1-57(2)53-24-11-8-21-49(53)50-36-35-46(38-54(50)57)58(44-33-29-41(30-34-44)48-20-7-6-19-47(48)40-15-4-3-5-16-40)43-31-27-39(28-32-43)42-17-14-18-45(37-42)59-55-25-12-9-22-51(55)52-23-10-13-26-56(52)59/h2*3-38H,1-2H3. The summed E-state index contributed by atoms with van der Waals surface area (Å²) in [6, 6.07) is 160. The summed E-state index contributed by atoms with van der Waals surface area (Å²) in [4.78, 5) is 4.86. The highest BCUT2D eigenvalue weighted by molar-refractivity contribution is 6.11. The van der Waals surface area contributed by atoms with Gasteiger partial charge in [-0.2, -0.15) is 0 Å². The molecule has 0 saturated heterocycles. The number of hydrogen-bond acceptors (Lipinski definition) is 2. The molecule has 4 heteroatoms. The van der Waals surface area contributed by atoms with Gasteiger partial charge in [-0.3, -0.25) is 0 Å². The van der Waals surface area contributed by atoms with Crippen LogP contribution in [0, 0.1) is 0 Å². The topological polar surface area (TPSA) is 16.3 Å². The fraction of sp³-hybridized carbons (Fsp3) is 0.0526. The first-order valence-corrected chi connectivity index (χ1v) is 41.0. The molecule has 2 aliphatic rings. The number of fused-ring (bicyclic) bond motifs is 12. The highest BCUT2D eigenvalue weighted by atomic mass is 15.2. The highest BCUT2D eigenvalue weighted by Gasteiger charge is 2.38. The van der Waals surface area contributed by atoms with E-state index in [1.165, 1.54) is 155 Å². The predicted octanol–water partition coefficient (Wildman–Crippen LogP) is 31.1. The third-order valence-electron chi connectivity index (χ3n) is 24.8. The summed E-state index contributed by atoms with van der Waals surface area (Å²) in [7, 11) is 0. The van der Waals surface area contributed by atoms with E-state index in [0.29, 0.717) is 0 Å². The van der Waals surface area contributed by atoms with E-state index in [-0.39, 0.29) is 10.8 Å². The van der Waals surface area contributed by atoms with Gasteiger partial charge in [-0.25, -0.2) is 0 Å². The number of para-hydroxylation sites is 4. The van der Waals surface area contributed by atoms with Crippen LogP contribution in [0.25, 0.3) is 144 Å². The number of hydrogen-bond donors (Lipinski definition) is 0. The SMILES string of the molecule is CC1(C)c2ccccc2-c2ccc(N(c3ccc(-c4cccc(-n5c6ccccc6c6ccccc65)c4)cc3)c3ccc(-c4ccccc4)cc3-c3ccccc3)cc21.CC1(C)c2ccccc2-c2ccc(N(c3ccc(-c4cccc(-n5c6ccccc6c6ccccc65)c4)cc3)c3ccc(-c4ccccc4-c4ccccc4)cc3)cc21. The van der Waals surface area contributed by atoms with Crippen LogP contribution in [0.2, 0.25) is 0 Å². The minimum Gasteiger partial charge on any atom is -0.310 e. The average Bonchev–Trinajstić information content (AvgIpc) is 1.58. The molecule has 0 radical (unpaired) electrons. The van der Waals surface area contributed by atoms with Gasteiger partial charge in [0.25, 0.3) is 0 Å². The summed E-state index contributed by atoms with van der Waals surface area (Å²) in [5, 5.41) is 5.07. The Labute approximate surface area is 690 Å². The third kappa shape index (κ3) is 12.3. The Bertz CT molecular complexity index is 7100. The van der Waals surface area contributed by atoms with E-state index in [9.17, 15) is 0 Å².